The van der Waals surface area contributed by atoms with Crippen molar-refractivity contribution in [2.75, 3.05) is 0 Å². The zero-order valence-corrected chi connectivity index (χ0v) is 16.3. The second-order valence-corrected chi connectivity index (χ2v) is 7.04. The highest BCUT2D eigenvalue weighted by atomic mass is 16.4. The van der Waals surface area contributed by atoms with E-state index in [4.69, 9.17) is 8.83 Å². The maximum Gasteiger partial charge on any atom is 0.340 e. The van der Waals surface area contributed by atoms with Gasteiger partial charge >= 0.3 is 11.6 Å². The molecule has 3 rings (SSSR count). The minimum Gasteiger partial charge on any atom is -0.480 e. The molecule has 2 aromatic heterocycles. The van der Waals surface area contributed by atoms with Crippen LogP contribution < -0.4 is 10.9 Å². The van der Waals surface area contributed by atoms with Gasteiger partial charge in [0.25, 0.3) is 0 Å². The van der Waals surface area contributed by atoms with Crippen LogP contribution in [0.2, 0.25) is 0 Å². The number of aliphatic carboxylic acids is 1. The van der Waals surface area contributed by atoms with Crippen LogP contribution in [-0.2, 0) is 16.0 Å². The minimum atomic E-state index is -1.09. The van der Waals surface area contributed by atoms with Gasteiger partial charge in [-0.1, -0.05) is 13.3 Å². The summed E-state index contributed by atoms with van der Waals surface area (Å²) in [6.45, 7) is 7.42. The monoisotopic (exact) mass is 385 g/mol. The molecule has 0 fully saturated rings. The van der Waals surface area contributed by atoms with Crippen LogP contribution in [0, 0.1) is 20.8 Å². The molecular weight excluding hydrogens is 362 g/mol. The van der Waals surface area contributed by atoms with Crippen molar-refractivity contribution in [3.63, 3.8) is 0 Å². The normalized spacial score (nSPS) is 12.4. The van der Waals surface area contributed by atoms with E-state index in [1.165, 1.54) is 0 Å². The van der Waals surface area contributed by atoms with Crippen molar-refractivity contribution in [2.45, 2.75) is 53.0 Å². The zero-order valence-electron chi connectivity index (χ0n) is 16.3. The Morgan fingerprint density at radius 3 is 2.36 bits per heavy atom. The molecule has 3 aromatic rings. The van der Waals surface area contributed by atoms with Crippen LogP contribution in [0.5, 0.6) is 0 Å². The van der Waals surface area contributed by atoms with Gasteiger partial charge in [0.2, 0.25) is 5.91 Å². The van der Waals surface area contributed by atoms with E-state index < -0.39 is 23.5 Å². The zero-order chi connectivity index (χ0) is 20.6. The first-order valence-electron chi connectivity index (χ1n) is 9.21. The predicted molar refractivity (Wildman–Crippen MR) is 105 cm³/mol. The van der Waals surface area contributed by atoms with E-state index >= 15 is 0 Å². The first-order valence-corrected chi connectivity index (χ1v) is 9.21. The van der Waals surface area contributed by atoms with Gasteiger partial charge in [0.1, 0.15) is 23.0 Å². The number of carboxylic acid groups (broad SMARTS) is 1. The lowest BCUT2D eigenvalue weighted by molar-refractivity contribution is -0.141. The van der Waals surface area contributed by atoms with Crippen molar-refractivity contribution in [2.24, 2.45) is 0 Å². The third kappa shape index (κ3) is 3.52. The van der Waals surface area contributed by atoms with Gasteiger partial charge in [0.15, 0.2) is 0 Å². The fraction of sp³-hybridized carbons (Fsp3) is 0.381. The Balaban J connectivity index is 2.00. The van der Waals surface area contributed by atoms with Crippen molar-refractivity contribution in [1.82, 2.24) is 5.32 Å². The van der Waals surface area contributed by atoms with Gasteiger partial charge in [0.05, 0.1) is 12.0 Å². The summed E-state index contributed by atoms with van der Waals surface area (Å²) in [5.74, 6) is -0.821. The van der Waals surface area contributed by atoms with E-state index in [1.54, 1.807) is 13.0 Å². The van der Waals surface area contributed by atoms with Gasteiger partial charge in [-0.2, -0.15) is 0 Å². The van der Waals surface area contributed by atoms with Crippen molar-refractivity contribution in [1.29, 1.82) is 0 Å². The molecule has 0 aliphatic carbocycles. The van der Waals surface area contributed by atoms with Gasteiger partial charge < -0.3 is 19.3 Å². The van der Waals surface area contributed by atoms with E-state index in [2.05, 4.69) is 5.32 Å². The lowest BCUT2D eigenvalue weighted by Gasteiger charge is -2.14. The average molecular weight is 385 g/mol. The first kappa shape index (κ1) is 19.7. The number of rotatable bonds is 6. The van der Waals surface area contributed by atoms with Crippen LogP contribution in [0.15, 0.2) is 25.8 Å². The maximum atomic E-state index is 12.4. The molecule has 1 atom stereocenters. The highest BCUT2D eigenvalue weighted by Crippen LogP contribution is 2.30. The summed E-state index contributed by atoms with van der Waals surface area (Å²) < 4.78 is 11.1. The average Bonchev–Trinajstić information content (AvgIpc) is 2.90. The number of benzene rings is 1. The number of hydrogen-bond donors (Lipinski definition) is 2. The topological polar surface area (TPSA) is 110 Å². The van der Waals surface area contributed by atoms with Crippen LogP contribution in [0.3, 0.4) is 0 Å². The largest absolute Gasteiger partial charge is 0.480 e. The molecule has 0 aliphatic rings. The Kier molecular flexibility index (Phi) is 5.27. The first-order chi connectivity index (χ1) is 13.2. The van der Waals surface area contributed by atoms with Gasteiger partial charge in [-0.25, -0.2) is 9.59 Å². The molecule has 28 heavy (non-hydrogen) atoms. The van der Waals surface area contributed by atoms with Gasteiger partial charge in [-0.15, -0.1) is 0 Å². The lowest BCUT2D eigenvalue weighted by atomic mass is 10.0. The van der Waals surface area contributed by atoms with E-state index in [0.717, 1.165) is 22.1 Å². The third-order valence-corrected chi connectivity index (χ3v) is 5.13. The molecule has 0 spiro atoms. The van der Waals surface area contributed by atoms with E-state index in [0.29, 0.717) is 29.6 Å². The lowest BCUT2D eigenvalue weighted by Crippen LogP contribution is -2.41. The quantitative estimate of drug-likeness (QED) is 0.630. The van der Waals surface area contributed by atoms with Crippen LogP contribution in [0.1, 0.15) is 42.2 Å². The van der Waals surface area contributed by atoms with Gasteiger partial charge in [-0.3, -0.25) is 4.79 Å². The molecule has 7 heteroatoms. The van der Waals surface area contributed by atoms with Gasteiger partial charge in [0, 0.05) is 16.8 Å². The fourth-order valence-corrected chi connectivity index (χ4v) is 3.38. The summed E-state index contributed by atoms with van der Waals surface area (Å²) in [6.07, 6.45) is 0.705. The summed E-state index contributed by atoms with van der Waals surface area (Å²) in [7, 11) is 0. The number of carbonyl (C=O) groups is 2. The molecule has 0 unspecified atom stereocenters. The number of furan rings is 1. The molecule has 1 aromatic carbocycles. The van der Waals surface area contributed by atoms with Crippen LogP contribution in [0.4, 0.5) is 0 Å². The number of hydrogen-bond acceptors (Lipinski definition) is 5. The second kappa shape index (κ2) is 7.50. The SMILES string of the molecule is CCC[C@@H](NC(=O)Cc1c(C)c2cc3c(C)c(C)oc3cc2oc1=O)C(=O)O. The molecule has 0 saturated carbocycles. The Morgan fingerprint density at radius 1 is 1.07 bits per heavy atom. The Morgan fingerprint density at radius 2 is 1.71 bits per heavy atom. The number of carboxylic acids is 1. The number of carbonyl (C=O) groups excluding carboxylic acids is 1. The van der Waals surface area contributed by atoms with Crippen LogP contribution in [-0.4, -0.2) is 23.0 Å². The molecular formula is C21H23NO6. The molecule has 2 N–H and O–H groups in total. The summed E-state index contributed by atoms with van der Waals surface area (Å²) in [4.78, 5) is 36.0. The maximum absolute atomic E-state index is 12.4. The fourth-order valence-electron chi connectivity index (χ4n) is 3.38. The standard InChI is InChI=1S/C21H23NO6/c1-5-6-16(20(24)25)22-19(23)8-15-11(3)14-7-13-10(2)12(4)27-17(13)9-18(14)28-21(15)26/h7,9,16H,5-6,8H2,1-4H3,(H,22,23)(H,24,25)/t16-/m1/s1. The van der Waals surface area contributed by atoms with Crippen molar-refractivity contribution in [3.8, 4) is 0 Å². The predicted octanol–water partition coefficient (Wildman–Crippen LogP) is 3.38. The summed E-state index contributed by atoms with van der Waals surface area (Å²) in [5, 5.41) is 13.3. The Bertz CT molecular complexity index is 1140. The van der Waals surface area contributed by atoms with E-state index in [1.807, 2.05) is 26.8 Å². The van der Waals surface area contributed by atoms with Crippen molar-refractivity contribution < 1.29 is 23.5 Å². The number of amides is 1. The molecule has 1 amide bonds. The summed E-state index contributed by atoms with van der Waals surface area (Å²) in [5.41, 5.74) is 2.29. The molecule has 0 radical (unpaired) electrons. The molecule has 7 nitrogen and oxygen atoms in total. The molecule has 0 saturated heterocycles. The molecule has 0 aliphatic heterocycles. The summed E-state index contributed by atoms with van der Waals surface area (Å²) >= 11 is 0. The highest BCUT2D eigenvalue weighted by Gasteiger charge is 2.22. The van der Waals surface area contributed by atoms with Crippen LogP contribution >= 0.6 is 0 Å². The van der Waals surface area contributed by atoms with Crippen LogP contribution in [0.25, 0.3) is 21.9 Å². The Labute approximate surface area is 161 Å². The highest BCUT2D eigenvalue weighted by molar-refractivity contribution is 5.97. The minimum absolute atomic E-state index is 0.225. The van der Waals surface area contributed by atoms with E-state index in [-0.39, 0.29) is 12.0 Å². The van der Waals surface area contributed by atoms with Gasteiger partial charge in [-0.05, 0) is 44.4 Å². The van der Waals surface area contributed by atoms with Crippen molar-refractivity contribution >= 4 is 33.8 Å². The smallest absolute Gasteiger partial charge is 0.340 e. The Hall–Kier alpha value is -3.09. The second-order valence-electron chi connectivity index (χ2n) is 7.04. The number of aryl methyl sites for hydroxylation is 3. The number of nitrogens with one attached hydrogen (secondary N) is 1. The molecule has 0 bridgehead atoms. The third-order valence-electron chi connectivity index (χ3n) is 5.13. The molecule has 2 heterocycles. The van der Waals surface area contributed by atoms with Crippen molar-refractivity contribution in [3.05, 3.63) is 45.0 Å². The molecule has 148 valence electrons. The summed E-state index contributed by atoms with van der Waals surface area (Å²) in [6, 6.07) is 2.61. The number of fused-ring (bicyclic) bond motifs is 2. The van der Waals surface area contributed by atoms with E-state index in [9.17, 15) is 19.5 Å².